The minimum Gasteiger partial charge on any atom is -0.381 e. The molecule has 0 radical (unpaired) electrons. The molecule has 9 heavy (non-hydrogen) atoms. The lowest BCUT2D eigenvalue weighted by atomic mass is 10.0. The Labute approximate surface area is 57.7 Å². The van der Waals surface area contributed by atoms with E-state index in [0.717, 1.165) is 6.42 Å². The van der Waals surface area contributed by atoms with Crippen molar-refractivity contribution in [3.05, 3.63) is 12.7 Å². The number of hydrogen-bond donors (Lipinski definition) is 0. The molecule has 0 aliphatic rings. The summed E-state index contributed by atoms with van der Waals surface area (Å²) in [6, 6.07) is 0. The van der Waals surface area contributed by atoms with E-state index in [1.165, 1.54) is 0 Å². The Morgan fingerprint density at radius 3 is 2.33 bits per heavy atom. The third-order valence-corrected chi connectivity index (χ3v) is 1.66. The van der Waals surface area contributed by atoms with Gasteiger partial charge in [-0.05, 0) is 12.3 Å². The van der Waals surface area contributed by atoms with E-state index in [1.54, 1.807) is 7.11 Å². The van der Waals surface area contributed by atoms with Crippen LogP contribution in [0.25, 0.3) is 0 Å². The number of ether oxygens (including phenoxy) is 1. The zero-order chi connectivity index (χ0) is 7.28. The molecule has 0 unspecified atom stereocenters. The molecule has 0 saturated heterocycles. The molecule has 1 heteroatoms. The van der Waals surface area contributed by atoms with Crippen molar-refractivity contribution < 1.29 is 4.74 Å². The second-order valence-electron chi connectivity index (χ2n) is 2.28. The largest absolute Gasteiger partial charge is 0.381 e. The van der Waals surface area contributed by atoms with Crippen molar-refractivity contribution in [1.29, 1.82) is 0 Å². The summed E-state index contributed by atoms with van der Waals surface area (Å²) >= 11 is 0. The Kier molecular flexibility index (Phi) is 4.41. The Morgan fingerprint density at radius 2 is 2.22 bits per heavy atom. The summed E-state index contributed by atoms with van der Waals surface area (Å²) in [7, 11) is 1.74. The van der Waals surface area contributed by atoms with E-state index in [0.29, 0.717) is 12.0 Å². The molecule has 0 aliphatic heterocycles. The molecule has 0 aromatic rings. The lowest BCUT2D eigenvalue weighted by Crippen LogP contribution is -2.16. The molecule has 0 aliphatic carbocycles. The second kappa shape index (κ2) is 4.57. The fraction of sp³-hybridized carbons (Fsp3) is 0.750. The maximum absolute atomic E-state index is 5.18. The lowest BCUT2D eigenvalue weighted by molar-refractivity contribution is 0.0715. The number of hydrogen-bond acceptors (Lipinski definition) is 1. The first-order valence-corrected chi connectivity index (χ1v) is 3.41. The van der Waals surface area contributed by atoms with Crippen LogP contribution in [-0.2, 0) is 4.74 Å². The molecule has 0 aromatic carbocycles. The summed E-state index contributed by atoms with van der Waals surface area (Å²) in [4.78, 5) is 0. The third kappa shape index (κ3) is 2.66. The van der Waals surface area contributed by atoms with Crippen molar-refractivity contribution in [3.8, 4) is 0 Å². The molecular formula is C8H16O. The highest BCUT2D eigenvalue weighted by Gasteiger charge is 2.09. The van der Waals surface area contributed by atoms with Crippen molar-refractivity contribution in [3.63, 3.8) is 0 Å². The van der Waals surface area contributed by atoms with Gasteiger partial charge in [-0.2, -0.15) is 0 Å². The van der Waals surface area contributed by atoms with E-state index in [4.69, 9.17) is 4.74 Å². The zero-order valence-electron chi connectivity index (χ0n) is 6.55. The molecule has 0 N–H and O–H groups in total. The van der Waals surface area contributed by atoms with Crippen LogP contribution in [0.5, 0.6) is 0 Å². The van der Waals surface area contributed by atoms with Gasteiger partial charge < -0.3 is 4.74 Å². The van der Waals surface area contributed by atoms with Gasteiger partial charge in [0, 0.05) is 7.11 Å². The van der Waals surface area contributed by atoms with Crippen molar-refractivity contribution in [2.24, 2.45) is 5.92 Å². The molecule has 0 heterocycles. The van der Waals surface area contributed by atoms with Gasteiger partial charge in [0.2, 0.25) is 0 Å². The van der Waals surface area contributed by atoms with Crippen LogP contribution < -0.4 is 0 Å². The van der Waals surface area contributed by atoms with Gasteiger partial charge in [0.05, 0.1) is 6.10 Å². The van der Waals surface area contributed by atoms with Gasteiger partial charge in [-0.3, -0.25) is 0 Å². The second-order valence-corrected chi connectivity index (χ2v) is 2.28. The summed E-state index contributed by atoms with van der Waals surface area (Å²) in [5, 5.41) is 0. The van der Waals surface area contributed by atoms with Crippen LogP contribution in [0, 0.1) is 5.92 Å². The van der Waals surface area contributed by atoms with Gasteiger partial charge in [0.25, 0.3) is 0 Å². The first kappa shape index (κ1) is 8.70. The topological polar surface area (TPSA) is 9.23 Å². The lowest BCUT2D eigenvalue weighted by Gasteiger charge is -2.16. The van der Waals surface area contributed by atoms with E-state index in [2.05, 4.69) is 20.4 Å². The molecule has 0 fully saturated rings. The van der Waals surface area contributed by atoms with Crippen LogP contribution in [0.4, 0.5) is 0 Å². The SMILES string of the molecule is C=C[C@H](C)[C@H](CC)OC. The summed E-state index contributed by atoms with van der Waals surface area (Å²) in [6.45, 7) is 7.93. The zero-order valence-corrected chi connectivity index (χ0v) is 6.55. The van der Waals surface area contributed by atoms with Crippen LogP contribution >= 0.6 is 0 Å². The van der Waals surface area contributed by atoms with Crippen molar-refractivity contribution >= 4 is 0 Å². The highest BCUT2D eigenvalue weighted by Crippen LogP contribution is 2.10. The number of rotatable bonds is 4. The monoisotopic (exact) mass is 128 g/mol. The molecule has 0 rings (SSSR count). The Balaban J connectivity index is 3.63. The fourth-order valence-corrected chi connectivity index (χ4v) is 0.905. The molecular weight excluding hydrogens is 112 g/mol. The fourth-order valence-electron chi connectivity index (χ4n) is 0.905. The Hall–Kier alpha value is -0.300. The van der Waals surface area contributed by atoms with Crippen molar-refractivity contribution in [2.75, 3.05) is 7.11 Å². The average Bonchev–Trinajstić information content (AvgIpc) is 1.90. The van der Waals surface area contributed by atoms with Crippen LogP contribution in [0.2, 0.25) is 0 Å². The van der Waals surface area contributed by atoms with Crippen LogP contribution in [0.15, 0.2) is 12.7 Å². The maximum atomic E-state index is 5.18. The predicted octanol–water partition coefficient (Wildman–Crippen LogP) is 2.23. The maximum Gasteiger partial charge on any atom is 0.0628 e. The van der Waals surface area contributed by atoms with Gasteiger partial charge >= 0.3 is 0 Å². The highest BCUT2D eigenvalue weighted by atomic mass is 16.5. The highest BCUT2D eigenvalue weighted by molar-refractivity contribution is 4.80. The van der Waals surface area contributed by atoms with E-state index in [1.807, 2.05) is 6.08 Å². The Morgan fingerprint density at radius 1 is 1.67 bits per heavy atom. The third-order valence-electron chi connectivity index (χ3n) is 1.66. The minimum absolute atomic E-state index is 0.350. The average molecular weight is 128 g/mol. The molecule has 1 nitrogen and oxygen atoms in total. The van der Waals surface area contributed by atoms with E-state index >= 15 is 0 Å². The van der Waals surface area contributed by atoms with Crippen molar-refractivity contribution in [2.45, 2.75) is 26.4 Å². The Bertz CT molecular complexity index is 74.6. The number of methoxy groups -OCH3 is 1. The van der Waals surface area contributed by atoms with Crippen LogP contribution in [0.1, 0.15) is 20.3 Å². The first-order chi connectivity index (χ1) is 4.26. The van der Waals surface area contributed by atoms with Gasteiger partial charge in [0.1, 0.15) is 0 Å². The van der Waals surface area contributed by atoms with Gasteiger partial charge in [-0.15, -0.1) is 6.58 Å². The normalized spacial score (nSPS) is 16.8. The molecule has 0 aromatic heterocycles. The van der Waals surface area contributed by atoms with E-state index in [-0.39, 0.29) is 0 Å². The van der Waals surface area contributed by atoms with Gasteiger partial charge in [-0.1, -0.05) is 19.9 Å². The molecule has 54 valence electrons. The van der Waals surface area contributed by atoms with E-state index < -0.39 is 0 Å². The molecule has 0 bridgehead atoms. The molecule has 0 amide bonds. The predicted molar refractivity (Wildman–Crippen MR) is 40.4 cm³/mol. The van der Waals surface area contributed by atoms with E-state index in [9.17, 15) is 0 Å². The van der Waals surface area contributed by atoms with Crippen LogP contribution in [0.3, 0.4) is 0 Å². The summed E-state index contributed by atoms with van der Waals surface area (Å²) < 4.78 is 5.18. The standard InChI is InChI=1S/C8H16O/c1-5-7(3)8(6-2)9-4/h5,7-8H,1,6H2,2-4H3/t7-,8-/m0/s1. The van der Waals surface area contributed by atoms with Crippen molar-refractivity contribution in [1.82, 2.24) is 0 Å². The minimum atomic E-state index is 0.350. The summed E-state index contributed by atoms with van der Waals surface area (Å²) in [5.74, 6) is 0.472. The first-order valence-electron chi connectivity index (χ1n) is 3.41. The van der Waals surface area contributed by atoms with Crippen LogP contribution in [-0.4, -0.2) is 13.2 Å². The quantitative estimate of drug-likeness (QED) is 0.527. The molecule has 0 saturated carbocycles. The smallest absolute Gasteiger partial charge is 0.0628 e. The van der Waals surface area contributed by atoms with Gasteiger partial charge in [-0.25, -0.2) is 0 Å². The van der Waals surface area contributed by atoms with Gasteiger partial charge in [0.15, 0.2) is 0 Å². The molecule has 0 spiro atoms. The summed E-state index contributed by atoms with van der Waals surface area (Å²) in [6.07, 6.45) is 3.34. The summed E-state index contributed by atoms with van der Waals surface area (Å²) in [5.41, 5.74) is 0. The molecule has 2 atom stereocenters.